The van der Waals surface area contributed by atoms with E-state index in [1.54, 1.807) is 30.3 Å². The number of hydrogen-bond donors (Lipinski definition) is 0. The molecule has 2 aromatic rings. The Kier molecular flexibility index (Phi) is 4.10. The van der Waals surface area contributed by atoms with Gasteiger partial charge in [-0.25, -0.2) is 4.39 Å². The van der Waals surface area contributed by atoms with Crippen LogP contribution in [-0.2, 0) is 5.88 Å². The zero-order valence-electron chi connectivity index (χ0n) is 9.71. The van der Waals surface area contributed by atoms with Gasteiger partial charge in [-0.3, -0.25) is 0 Å². The summed E-state index contributed by atoms with van der Waals surface area (Å²) < 4.78 is 19.0. The Morgan fingerprint density at radius 1 is 1.11 bits per heavy atom. The number of hydrogen-bond acceptors (Lipinski definition) is 1. The molecule has 0 N–H and O–H groups in total. The van der Waals surface area contributed by atoms with Crippen molar-refractivity contribution in [2.45, 2.75) is 12.8 Å². The molecule has 0 aromatic heterocycles. The van der Waals surface area contributed by atoms with Crippen molar-refractivity contribution in [1.82, 2.24) is 0 Å². The summed E-state index contributed by atoms with van der Waals surface area (Å²) >= 11 is 11.7. The van der Waals surface area contributed by atoms with E-state index in [1.165, 1.54) is 6.07 Å². The Bertz CT molecular complexity index is 570. The number of alkyl halides is 1. The van der Waals surface area contributed by atoms with Crippen LogP contribution in [0.25, 0.3) is 0 Å². The molecular weight excluding hydrogens is 274 g/mol. The lowest BCUT2D eigenvalue weighted by atomic mass is 10.2. The highest BCUT2D eigenvalue weighted by Gasteiger charge is 2.08. The number of ether oxygens (including phenoxy) is 1. The molecule has 4 heteroatoms. The summed E-state index contributed by atoms with van der Waals surface area (Å²) in [4.78, 5) is 0. The van der Waals surface area contributed by atoms with Gasteiger partial charge in [0.25, 0.3) is 0 Å². The first-order valence-electron chi connectivity index (χ1n) is 5.38. The third kappa shape index (κ3) is 2.95. The molecule has 0 heterocycles. The van der Waals surface area contributed by atoms with E-state index in [4.69, 9.17) is 27.9 Å². The predicted octanol–water partition coefficient (Wildman–Crippen LogP) is 5.32. The van der Waals surface area contributed by atoms with Crippen LogP contribution in [0.5, 0.6) is 11.5 Å². The van der Waals surface area contributed by atoms with E-state index < -0.39 is 5.82 Å². The lowest BCUT2D eigenvalue weighted by molar-refractivity contribution is 0.442. The summed E-state index contributed by atoms with van der Waals surface area (Å²) in [5, 5.41) is 0.411. The predicted molar refractivity (Wildman–Crippen MR) is 72.2 cm³/mol. The van der Waals surface area contributed by atoms with E-state index in [0.717, 1.165) is 11.1 Å². The second-order valence-electron chi connectivity index (χ2n) is 3.93. The van der Waals surface area contributed by atoms with Crippen molar-refractivity contribution in [3.05, 3.63) is 58.4 Å². The Hall–Kier alpha value is -1.25. The van der Waals surface area contributed by atoms with Gasteiger partial charge in [0.2, 0.25) is 0 Å². The number of halogens is 3. The Balaban J connectivity index is 2.31. The van der Waals surface area contributed by atoms with Gasteiger partial charge in [-0.15, -0.1) is 11.6 Å². The highest BCUT2D eigenvalue weighted by molar-refractivity contribution is 6.32. The summed E-state index contributed by atoms with van der Waals surface area (Å²) in [6.07, 6.45) is 0. The average molecular weight is 285 g/mol. The van der Waals surface area contributed by atoms with Gasteiger partial charge in [-0.1, -0.05) is 23.7 Å². The molecule has 0 spiro atoms. The van der Waals surface area contributed by atoms with E-state index in [2.05, 4.69) is 0 Å². The third-order valence-corrected chi connectivity index (χ3v) is 3.06. The first-order valence-corrected chi connectivity index (χ1v) is 6.30. The highest BCUT2D eigenvalue weighted by atomic mass is 35.5. The fourth-order valence-corrected chi connectivity index (χ4v) is 1.93. The van der Waals surface area contributed by atoms with E-state index in [-0.39, 0.29) is 5.75 Å². The van der Waals surface area contributed by atoms with Gasteiger partial charge in [0.1, 0.15) is 5.75 Å². The summed E-state index contributed by atoms with van der Waals surface area (Å²) in [6, 6.07) is 9.86. The van der Waals surface area contributed by atoms with E-state index >= 15 is 0 Å². The average Bonchev–Trinajstić information content (AvgIpc) is 2.36. The van der Waals surface area contributed by atoms with Crippen molar-refractivity contribution in [2.24, 2.45) is 0 Å². The van der Waals surface area contributed by atoms with Gasteiger partial charge < -0.3 is 4.74 Å². The van der Waals surface area contributed by atoms with Gasteiger partial charge in [0, 0.05) is 5.88 Å². The molecule has 0 saturated heterocycles. The van der Waals surface area contributed by atoms with Crippen LogP contribution in [0, 0.1) is 12.7 Å². The summed E-state index contributed by atoms with van der Waals surface area (Å²) in [5.41, 5.74) is 1.80. The summed E-state index contributed by atoms with van der Waals surface area (Å²) in [6.45, 7) is 1.87. The summed E-state index contributed by atoms with van der Waals surface area (Å²) in [7, 11) is 0. The molecule has 94 valence electrons. The fraction of sp³-hybridized carbons (Fsp3) is 0.143. The normalized spacial score (nSPS) is 10.4. The monoisotopic (exact) mass is 284 g/mol. The zero-order chi connectivity index (χ0) is 13.1. The first-order chi connectivity index (χ1) is 8.60. The van der Waals surface area contributed by atoms with Gasteiger partial charge in [-0.2, -0.15) is 0 Å². The molecule has 1 nitrogen and oxygen atoms in total. The van der Waals surface area contributed by atoms with E-state index in [0.29, 0.717) is 16.7 Å². The van der Waals surface area contributed by atoms with Crippen molar-refractivity contribution in [3.63, 3.8) is 0 Å². The van der Waals surface area contributed by atoms with Crippen LogP contribution in [0.15, 0.2) is 36.4 Å². The fourth-order valence-electron chi connectivity index (χ4n) is 1.52. The molecule has 0 aliphatic rings. The van der Waals surface area contributed by atoms with Crippen molar-refractivity contribution in [3.8, 4) is 11.5 Å². The first kappa shape index (κ1) is 13.2. The molecule has 2 aromatic carbocycles. The van der Waals surface area contributed by atoms with Crippen LogP contribution in [0.3, 0.4) is 0 Å². The van der Waals surface area contributed by atoms with Gasteiger partial charge >= 0.3 is 0 Å². The van der Waals surface area contributed by atoms with Gasteiger partial charge in [0.05, 0.1) is 5.02 Å². The maximum Gasteiger partial charge on any atom is 0.165 e. The van der Waals surface area contributed by atoms with E-state index in [9.17, 15) is 4.39 Å². The molecular formula is C14H11Cl2FO. The minimum Gasteiger partial charge on any atom is -0.453 e. The smallest absolute Gasteiger partial charge is 0.165 e. The van der Waals surface area contributed by atoms with Crippen molar-refractivity contribution < 1.29 is 9.13 Å². The number of aryl methyl sites for hydroxylation is 1. The van der Waals surface area contributed by atoms with Gasteiger partial charge in [-0.05, 0) is 42.3 Å². The molecule has 0 amide bonds. The Morgan fingerprint density at radius 2 is 1.89 bits per heavy atom. The molecule has 0 unspecified atom stereocenters. The second-order valence-corrected chi connectivity index (χ2v) is 4.61. The Morgan fingerprint density at radius 3 is 2.56 bits per heavy atom. The van der Waals surface area contributed by atoms with E-state index in [1.807, 2.05) is 6.92 Å². The maximum atomic E-state index is 13.5. The van der Waals surface area contributed by atoms with Crippen LogP contribution in [-0.4, -0.2) is 0 Å². The number of rotatable bonds is 3. The molecule has 0 bridgehead atoms. The molecule has 0 atom stereocenters. The van der Waals surface area contributed by atoms with Gasteiger partial charge in [0.15, 0.2) is 11.6 Å². The summed E-state index contributed by atoms with van der Waals surface area (Å²) in [5.74, 6) is 0.530. The quantitative estimate of drug-likeness (QED) is 0.693. The molecule has 2 rings (SSSR count). The third-order valence-electron chi connectivity index (χ3n) is 2.46. The SMILES string of the molecule is Cc1ccc(F)c(Oc2ccc(CCl)cc2Cl)c1. The largest absolute Gasteiger partial charge is 0.453 e. The van der Waals surface area contributed by atoms with Crippen LogP contribution < -0.4 is 4.74 Å². The van der Waals surface area contributed by atoms with Crippen LogP contribution in [0.4, 0.5) is 4.39 Å². The number of benzene rings is 2. The van der Waals surface area contributed by atoms with Crippen molar-refractivity contribution >= 4 is 23.2 Å². The van der Waals surface area contributed by atoms with Crippen LogP contribution in [0.1, 0.15) is 11.1 Å². The molecule has 0 fully saturated rings. The molecule has 0 aliphatic heterocycles. The highest BCUT2D eigenvalue weighted by Crippen LogP contribution is 2.32. The Labute approximate surface area is 115 Å². The molecule has 18 heavy (non-hydrogen) atoms. The standard InChI is InChI=1S/C14H11Cl2FO/c1-9-2-4-12(17)14(6-9)18-13-5-3-10(8-15)7-11(13)16/h2-7H,8H2,1H3. The lowest BCUT2D eigenvalue weighted by Crippen LogP contribution is -1.90. The molecule has 0 radical (unpaired) electrons. The zero-order valence-corrected chi connectivity index (χ0v) is 11.2. The lowest BCUT2D eigenvalue weighted by Gasteiger charge is -2.10. The minimum absolute atomic E-state index is 0.163. The van der Waals surface area contributed by atoms with Crippen LogP contribution in [0.2, 0.25) is 5.02 Å². The molecule has 0 aliphatic carbocycles. The van der Waals surface area contributed by atoms with Crippen molar-refractivity contribution in [2.75, 3.05) is 0 Å². The molecule has 0 saturated carbocycles. The van der Waals surface area contributed by atoms with Crippen molar-refractivity contribution in [1.29, 1.82) is 0 Å². The maximum absolute atomic E-state index is 13.5. The second kappa shape index (κ2) is 5.59. The van der Waals surface area contributed by atoms with Crippen LogP contribution >= 0.6 is 23.2 Å². The minimum atomic E-state index is -0.418. The topological polar surface area (TPSA) is 9.23 Å².